The van der Waals surface area contributed by atoms with Crippen molar-refractivity contribution in [3.63, 3.8) is 0 Å². The van der Waals surface area contributed by atoms with Crippen molar-refractivity contribution >= 4 is 23.3 Å². The molecule has 0 unspecified atom stereocenters. The third kappa shape index (κ3) is 3.27. The van der Waals surface area contributed by atoms with E-state index in [9.17, 15) is 9.59 Å². The van der Waals surface area contributed by atoms with Gasteiger partial charge in [0, 0.05) is 11.8 Å². The maximum Gasteiger partial charge on any atom is 0.354 e. The molecule has 1 aromatic carbocycles. The van der Waals surface area contributed by atoms with Crippen LogP contribution in [0, 0.1) is 0 Å². The lowest BCUT2D eigenvalue weighted by Gasteiger charge is -2.09. The van der Waals surface area contributed by atoms with Gasteiger partial charge in [0.1, 0.15) is 11.4 Å². The SMILES string of the molecule is COc1ccc(C(=O)Nc2ccc(C(=O)O)nc2)c(N)c1. The van der Waals surface area contributed by atoms with E-state index in [1.54, 1.807) is 18.2 Å². The lowest BCUT2D eigenvalue weighted by Crippen LogP contribution is -2.14. The van der Waals surface area contributed by atoms with Crippen molar-refractivity contribution in [3.8, 4) is 5.75 Å². The van der Waals surface area contributed by atoms with Crippen LogP contribution in [0.5, 0.6) is 5.75 Å². The molecule has 4 N–H and O–H groups in total. The van der Waals surface area contributed by atoms with Crippen molar-refractivity contribution in [2.24, 2.45) is 0 Å². The Morgan fingerprint density at radius 1 is 1.29 bits per heavy atom. The van der Waals surface area contributed by atoms with Crippen LogP contribution in [0.25, 0.3) is 0 Å². The molecule has 108 valence electrons. The number of aromatic nitrogens is 1. The lowest BCUT2D eigenvalue weighted by molar-refractivity contribution is 0.0690. The number of ether oxygens (including phenoxy) is 1. The first-order valence-corrected chi connectivity index (χ1v) is 5.95. The molecule has 0 spiro atoms. The smallest absolute Gasteiger partial charge is 0.354 e. The summed E-state index contributed by atoms with van der Waals surface area (Å²) in [6.07, 6.45) is 1.26. The number of methoxy groups -OCH3 is 1. The average molecular weight is 287 g/mol. The summed E-state index contributed by atoms with van der Waals surface area (Å²) >= 11 is 0. The van der Waals surface area contributed by atoms with Gasteiger partial charge in [-0.25, -0.2) is 9.78 Å². The number of anilines is 2. The Morgan fingerprint density at radius 3 is 2.57 bits per heavy atom. The number of carbonyl (C=O) groups is 2. The molecule has 0 aliphatic rings. The Kier molecular flexibility index (Phi) is 4.03. The van der Waals surface area contributed by atoms with Gasteiger partial charge in [-0.05, 0) is 24.3 Å². The quantitative estimate of drug-likeness (QED) is 0.736. The minimum absolute atomic E-state index is 0.100. The Morgan fingerprint density at radius 2 is 2.05 bits per heavy atom. The van der Waals surface area contributed by atoms with Crippen molar-refractivity contribution in [1.82, 2.24) is 4.98 Å². The maximum absolute atomic E-state index is 12.1. The monoisotopic (exact) mass is 287 g/mol. The molecule has 2 rings (SSSR count). The number of benzene rings is 1. The largest absolute Gasteiger partial charge is 0.497 e. The lowest BCUT2D eigenvalue weighted by atomic mass is 10.1. The summed E-state index contributed by atoms with van der Waals surface area (Å²) in [5.41, 5.74) is 6.63. The van der Waals surface area contributed by atoms with Crippen LogP contribution in [0.2, 0.25) is 0 Å². The minimum atomic E-state index is -1.13. The van der Waals surface area contributed by atoms with Crippen LogP contribution >= 0.6 is 0 Å². The van der Waals surface area contributed by atoms with Crippen LogP contribution < -0.4 is 15.8 Å². The Bertz CT molecular complexity index is 683. The molecule has 0 aliphatic heterocycles. The number of pyridine rings is 1. The van der Waals surface area contributed by atoms with E-state index in [1.807, 2.05) is 0 Å². The third-order valence-electron chi connectivity index (χ3n) is 2.74. The molecule has 21 heavy (non-hydrogen) atoms. The summed E-state index contributed by atoms with van der Waals surface area (Å²) < 4.78 is 5.01. The first-order valence-electron chi connectivity index (χ1n) is 5.95. The molecule has 1 heterocycles. The van der Waals surface area contributed by atoms with Crippen molar-refractivity contribution in [2.75, 3.05) is 18.2 Å². The molecule has 7 heteroatoms. The number of nitrogen functional groups attached to an aromatic ring is 1. The number of nitrogens with two attached hydrogens (primary N) is 1. The van der Waals surface area contributed by atoms with Gasteiger partial charge in [0.25, 0.3) is 5.91 Å². The number of hydrogen-bond donors (Lipinski definition) is 3. The first-order chi connectivity index (χ1) is 10.0. The second-order valence-electron chi connectivity index (χ2n) is 4.14. The number of carboxylic acids is 1. The van der Waals surface area contributed by atoms with E-state index >= 15 is 0 Å². The topological polar surface area (TPSA) is 115 Å². The summed E-state index contributed by atoms with van der Waals surface area (Å²) in [5.74, 6) is -0.996. The molecule has 0 fully saturated rings. The highest BCUT2D eigenvalue weighted by atomic mass is 16.5. The van der Waals surface area contributed by atoms with Gasteiger partial charge in [-0.1, -0.05) is 0 Å². The number of carboxylic acid groups (broad SMARTS) is 1. The molecular formula is C14H13N3O4. The van der Waals surface area contributed by atoms with Gasteiger partial charge in [-0.15, -0.1) is 0 Å². The summed E-state index contributed by atoms with van der Waals surface area (Å²) in [5, 5.41) is 11.3. The zero-order chi connectivity index (χ0) is 15.4. The van der Waals surface area contributed by atoms with Crippen LogP contribution in [-0.2, 0) is 0 Å². The van der Waals surface area contributed by atoms with Gasteiger partial charge in [-0.2, -0.15) is 0 Å². The first kappa shape index (κ1) is 14.3. The maximum atomic E-state index is 12.1. The molecule has 0 bridgehead atoms. The van der Waals surface area contributed by atoms with E-state index in [1.165, 1.54) is 25.4 Å². The van der Waals surface area contributed by atoms with Crippen LogP contribution in [0.3, 0.4) is 0 Å². The minimum Gasteiger partial charge on any atom is -0.497 e. The molecule has 2 aromatic rings. The number of carbonyl (C=O) groups excluding carboxylic acids is 1. The van der Waals surface area contributed by atoms with Crippen LogP contribution in [0.4, 0.5) is 11.4 Å². The molecule has 0 aliphatic carbocycles. The molecule has 1 amide bonds. The Balaban J connectivity index is 2.16. The van der Waals surface area contributed by atoms with Gasteiger partial charge in [0.2, 0.25) is 0 Å². The van der Waals surface area contributed by atoms with Gasteiger partial charge in [0.05, 0.1) is 24.6 Å². The third-order valence-corrected chi connectivity index (χ3v) is 2.74. The Labute approximate surface area is 120 Å². The molecule has 0 saturated heterocycles. The molecular weight excluding hydrogens is 274 g/mol. The molecule has 7 nitrogen and oxygen atoms in total. The number of hydrogen-bond acceptors (Lipinski definition) is 5. The van der Waals surface area contributed by atoms with Crippen molar-refractivity contribution in [3.05, 3.63) is 47.8 Å². The van der Waals surface area contributed by atoms with Crippen LogP contribution in [0.15, 0.2) is 36.5 Å². The average Bonchev–Trinajstić information content (AvgIpc) is 2.47. The highest BCUT2D eigenvalue weighted by Crippen LogP contribution is 2.20. The van der Waals surface area contributed by atoms with Crippen LogP contribution in [0.1, 0.15) is 20.8 Å². The van der Waals surface area contributed by atoms with E-state index in [0.29, 0.717) is 11.4 Å². The summed E-state index contributed by atoms with van der Waals surface area (Å²) in [6.45, 7) is 0. The molecule has 0 radical (unpaired) electrons. The second-order valence-corrected chi connectivity index (χ2v) is 4.14. The van der Waals surface area contributed by atoms with Crippen LogP contribution in [-0.4, -0.2) is 29.1 Å². The van der Waals surface area contributed by atoms with E-state index < -0.39 is 11.9 Å². The number of amides is 1. The highest BCUT2D eigenvalue weighted by molar-refractivity contribution is 6.07. The molecule has 0 saturated carbocycles. The number of rotatable bonds is 4. The predicted molar refractivity (Wildman–Crippen MR) is 76.6 cm³/mol. The number of aromatic carboxylic acids is 1. The van der Waals surface area contributed by atoms with Gasteiger partial charge < -0.3 is 20.9 Å². The van der Waals surface area contributed by atoms with E-state index in [2.05, 4.69) is 10.3 Å². The molecule has 0 atom stereocenters. The standard InChI is InChI=1S/C14H13N3O4/c1-21-9-3-4-10(11(15)6-9)13(18)17-8-2-5-12(14(19)20)16-7-8/h2-7H,15H2,1H3,(H,17,18)(H,19,20). The van der Waals surface area contributed by atoms with E-state index in [-0.39, 0.29) is 16.9 Å². The normalized spacial score (nSPS) is 9.95. The summed E-state index contributed by atoms with van der Waals surface area (Å²) in [4.78, 5) is 26.5. The number of nitrogens with zero attached hydrogens (tertiary/aromatic N) is 1. The predicted octanol–water partition coefficient (Wildman–Crippen LogP) is 1.62. The number of nitrogens with one attached hydrogen (secondary N) is 1. The summed E-state index contributed by atoms with van der Waals surface area (Å²) in [7, 11) is 1.50. The fourth-order valence-corrected chi connectivity index (χ4v) is 1.67. The zero-order valence-corrected chi connectivity index (χ0v) is 11.2. The van der Waals surface area contributed by atoms with Crippen molar-refractivity contribution in [2.45, 2.75) is 0 Å². The van der Waals surface area contributed by atoms with Gasteiger partial charge in [0.15, 0.2) is 0 Å². The highest BCUT2D eigenvalue weighted by Gasteiger charge is 2.11. The fourth-order valence-electron chi connectivity index (χ4n) is 1.67. The zero-order valence-electron chi connectivity index (χ0n) is 11.2. The Hall–Kier alpha value is -3.09. The second kappa shape index (κ2) is 5.91. The summed E-state index contributed by atoms with van der Waals surface area (Å²) in [6, 6.07) is 7.46. The molecule has 1 aromatic heterocycles. The fraction of sp³-hybridized carbons (Fsp3) is 0.0714. The van der Waals surface area contributed by atoms with Gasteiger partial charge in [-0.3, -0.25) is 4.79 Å². The van der Waals surface area contributed by atoms with Gasteiger partial charge >= 0.3 is 5.97 Å². The van der Waals surface area contributed by atoms with Crippen molar-refractivity contribution in [1.29, 1.82) is 0 Å². The van der Waals surface area contributed by atoms with Crippen molar-refractivity contribution < 1.29 is 19.4 Å². The van der Waals surface area contributed by atoms with E-state index in [4.69, 9.17) is 15.6 Å². The van der Waals surface area contributed by atoms with E-state index in [0.717, 1.165) is 0 Å².